The molecule has 2 rings (SSSR count). The molecule has 0 heterocycles. The van der Waals surface area contributed by atoms with E-state index in [0.29, 0.717) is 23.5 Å². The van der Waals surface area contributed by atoms with Crippen LogP contribution in [0.5, 0.6) is 5.75 Å². The van der Waals surface area contributed by atoms with Crippen molar-refractivity contribution in [2.24, 2.45) is 5.73 Å². The van der Waals surface area contributed by atoms with E-state index in [2.05, 4.69) is 10.6 Å². The number of hydrogen-bond acceptors (Lipinski definition) is 4. The van der Waals surface area contributed by atoms with Crippen LogP contribution in [0, 0.1) is 0 Å². The van der Waals surface area contributed by atoms with Gasteiger partial charge >= 0.3 is 0 Å². The molecule has 126 valence electrons. The van der Waals surface area contributed by atoms with Gasteiger partial charge in [-0.3, -0.25) is 9.59 Å². The molecule has 0 unspecified atom stereocenters. The van der Waals surface area contributed by atoms with Gasteiger partial charge < -0.3 is 21.1 Å². The molecular weight excluding hydrogens is 306 g/mol. The second kappa shape index (κ2) is 8.57. The van der Waals surface area contributed by atoms with Gasteiger partial charge in [0, 0.05) is 16.9 Å². The third kappa shape index (κ3) is 5.31. The average molecular weight is 327 g/mol. The van der Waals surface area contributed by atoms with E-state index in [-0.39, 0.29) is 12.5 Å². The molecule has 0 aliphatic rings. The number of carbonyl (C=O) groups is 2. The Morgan fingerprint density at radius 3 is 2.50 bits per heavy atom. The fourth-order valence-electron chi connectivity index (χ4n) is 2.02. The van der Waals surface area contributed by atoms with E-state index in [1.54, 1.807) is 36.4 Å². The molecule has 0 atom stereocenters. The summed E-state index contributed by atoms with van der Waals surface area (Å²) in [6, 6.07) is 13.9. The van der Waals surface area contributed by atoms with Gasteiger partial charge in [-0.1, -0.05) is 13.0 Å². The number of nitrogens with two attached hydrogens (primary N) is 1. The van der Waals surface area contributed by atoms with Gasteiger partial charge in [0.1, 0.15) is 5.75 Å². The zero-order chi connectivity index (χ0) is 17.4. The molecule has 0 radical (unpaired) electrons. The summed E-state index contributed by atoms with van der Waals surface area (Å²) in [6.45, 7) is 2.79. The first-order chi connectivity index (χ1) is 11.6. The van der Waals surface area contributed by atoms with E-state index in [0.717, 1.165) is 12.2 Å². The molecule has 0 aliphatic heterocycles. The number of amides is 2. The number of ether oxygens (including phenoxy) is 1. The lowest BCUT2D eigenvalue weighted by Gasteiger charge is -2.09. The molecule has 4 N–H and O–H groups in total. The van der Waals surface area contributed by atoms with Crippen LogP contribution in [-0.4, -0.2) is 25.0 Å². The summed E-state index contributed by atoms with van der Waals surface area (Å²) >= 11 is 0. The minimum atomic E-state index is -0.506. The maximum Gasteiger partial charge on any atom is 0.248 e. The third-order valence-electron chi connectivity index (χ3n) is 3.21. The lowest BCUT2D eigenvalue weighted by Crippen LogP contribution is -2.22. The number of carbonyl (C=O) groups excluding carboxylic acids is 2. The van der Waals surface area contributed by atoms with Crippen LogP contribution in [0.1, 0.15) is 23.7 Å². The predicted octanol–water partition coefficient (Wildman–Crippen LogP) is 2.62. The van der Waals surface area contributed by atoms with Crippen LogP contribution in [0.25, 0.3) is 0 Å². The van der Waals surface area contributed by atoms with Crippen molar-refractivity contribution in [3.05, 3.63) is 54.1 Å². The van der Waals surface area contributed by atoms with Gasteiger partial charge in [-0.15, -0.1) is 0 Å². The third-order valence-corrected chi connectivity index (χ3v) is 3.21. The lowest BCUT2D eigenvalue weighted by atomic mass is 10.2. The Bertz CT molecular complexity index is 699. The van der Waals surface area contributed by atoms with Crippen molar-refractivity contribution in [3.63, 3.8) is 0 Å². The van der Waals surface area contributed by atoms with Crippen LogP contribution < -0.4 is 21.1 Å². The Balaban J connectivity index is 1.84. The summed E-state index contributed by atoms with van der Waals surface area (Å²) in [4.78, 5) is 23.1. The van der Waals surface area contributed by atoms with Crippen molar-refractivity contribution in [3.8, 4) is 5.75 Å². The molecule has 0 spiro atoms. The molecule has 2 aromatic carbocycles. The van der Waals surface area contributed by atoms with Gasteiger partial charge in [0.25, 0.3) is 0 Å². The summed E-state index contributed by atoms with van der Waals surface area (Å²) < 4.78 is 5.49. The molecular formula is C18H21N3O3. The Hall–Kier alpha value is -3.02. The van der Waals surface area contributed by atoms with Crippen LogP contribution >= 0.6 is 0 Å². The largest absolute Gasteiger partial charge is 0.494 e. The number of anilines is 2. The first kappa shape index (κ1) is 17.3. The number of benzene rings is 2. The fourth-order valence-corrected chi connectivity index (χ4v) is 2.02. The number of rotatable bonds is 8. The molecule has 2 amide bonds. The van der Waals surface area contributed by atoms with Crippen molar-refractivity contribution in [2.45, 2.75) is 13.3 Å². The van der Waals surface area contributed by atoms with Crippen molar-refractivity contribution in [2.75, 3.05) is 23.8 Å². The molecule has 6 nitrogen and oxygen atoms in total. The topological polar surface area (TPSA) is 93.4 Å². The van der Waals surface area contributed by atoms with E-state index < -0.39 is 5.91 Å². The van der Waals surface area contributed by atoms with E-state index in [1.165, 1.54) is 0 Å². The molecule has 0 bridgehead atoms. The van der Waals surface area contributed by atoms with E-state index >= 15 is 0 Å². The quantitative estimate of drug-likeness (QED) is 0.695. The van der Waals surface area contributed by atoms with Gasteiger partial charge in [0.15, 0.2) is 0 Å². The molecule has 0 saturated carbocycles. The monoisotopic (exact) mass is 327 g/mol. The van der Waals surface area contributed by atoms with Crippen LogP contribution in [-0.2, 0) is 4.79 Å². The highest BCUT2D eigenvalue weighted by molar-refractivity contribution is 5.95. The van der Waals surface area contributed by atoms with E-state index in [1.807, 2.05) is 19.1 Å². The van der Waals surface area contributed by atoms with Gasteiger partial charge in [-0.05, 0) is 48.9 Å². The minimum absolute atomic E-state index is 0.0797. The van der Waals surface area contributed by atoms with Crippen molar-refractivity contribution < 1.29 is 14.3 Å². The molecule has 6 heteroatoms. The maximum absolute atomic E-state index is 12.0. The lowest BCUT2D eigenvalue weighted by molar-refractivity contribution is -0.114. The van der Waals surface area contributed by atoms with Gasteiger partial charge in [0.2, 0.25) is 11.8 Å². The predicted molar refractivity (Wildman–Crippen MR) is 94.3 cm³/mol. The number of primary amides is 1. The molecule has 2 aromatic rings. The highest BCUT2D eigenvalue weighted by Crippen LogP contribution is 2.16. The van der Waals surface area contributed by atoms with Crippen LogP contribution in [0.15, 0.2) is 48.5 Å². The first-order valence-electron chi connectivity index (χ1n) is 7.75. The maximum atomic E-state index is 12.0. The van der Waals surface area contributed by atoms with Crippen LogP contribution in [0.4, 0.5) is 11.4 Å². The minimum Gasteiger partial charge on any atom is -0.494 e. The van der Waals surface area contributed by atoms with Crippen molar-refractivity contribution in [1.29, 1.82) is 0 Å². The average Bonchev–Trinajstić information content (AvgIpc) is 2.59. The molecule has 0 saturated heterocycles. The number of nitrogens with one attached hydrogen (secondary N) is 2. The van der Waals surface area contributed by atoms with Gasteiger partial charge in [0.05, 0.1) is 13.2 Å². The van der Waals surface area contributed by atoms with Crippen LogP contribution in [0.2, 0.25) is 0 Å². The van der Waals surface area contributed by atoms with Crippen LogP contribution in [0.3, 0.4) is 0 Å². The summed E-state index contributed by atoms with van der Waals surface area (Å²) in [6.07, 6.45) is 0.946. The van der Waals surface area contributed by atoms with E-state index in [9.17, 15) is 9.59 Å². The number of hydrogen-bond donors (Lipinski definition) is 3. The molecule has 0 fully saturated rings. The van der Waals surface area contributed by atoms with Gasteiger partial charge in [-0.25, -0.2) is 0 Å². The Morgan fingerprint density at radius 1 is 1.08 bits per heavy atom. The Morgan fingerprint density at radius 2 is 1.83 bits per heavy atom. The highest BCUT2D eigenvalue weighted by Gasteiger charge is 2.05. The smallest absolute Gasteiger partial charge is 0.248 e. The molecule has 0 aromatic heterocycles. The summed E-state index contributed by atoms with van der Waals surface area (Å²) in [5.41, 5.74) is 6.97. The summed E-state index contributed by atoms with van der Waals surface area (Å²) in [7, 11) is 0. The normalized spacial score (nSPS) is 10.0. The second-order valence-corrected chi connectivity index (χ2v) is 5.22. The highest BCUT2D eigenvalue weighted by atomic mass is 16.5. The zero-order valence-corrected chi connectivity index (χ0v) is 13.5. The van der Waals surface area contributed by atoms with Gasteiger partial charge in [-0.2, -0.15) is 0 Å². The summed E-state index contributed by atoms with van der Waals surface area (Å²) in [5, 5.41) is 5.74. The second-order valence-electron chi connectivity index (χ2n) is 5.22. The molecule has 24 heavy (non-hydrogen) atoms. The molecule has 0 aliphatic carbocycles. The SMILES string of the molecule is CCCOc1ccc(NC(=O)CNc2cccc(C(N)=O)c2)cc1. The Labute approximate surface area is 141 Å². The zero-order valence-electron chi connectivity index (χ0n) is 13.5. The van der Waals surface area contributed by atoms with Crippen molar-refractivity contribution in [1.82, 2.24) is 0 Å². The standard InChI is InChI=1S/C18H21N3O3/c1-2-10-24-16-8-6-14(7-9-16)21-17(22)12-20-15-5-3-4-13(11-15)18(19)23/h3-9,11,20H,2,10,12H2,1H3,(H2,19,23)(H,21,22). The van der Waals surface area contributed by atoms with E-state index in [4.69, 9.17) is 10.5 Å². The summed E-state index contributed by atoms with van der Waals surface area (Å²) in [5.74, 6) is 0.0754. The Kier molecular flexibility index (Phi) is 6.19. The first-order valence-corrected chi connectivity index (χ1v) is 7.75. The van der Waals surface area contributed by atoms with Crippen molar-refractivity contribution >= 4 is 23.2 Å². The fraction of sp³-hybridized carbons (Fsp3) is 0.222.